The monoisotopic (exact) mass is 363 g/mol. The van der Waals surface area contributed by atoms with Gasteiger partial charge in [0.1, 0.15) is 5.82 Å². The van der Waals surface area contributed by atoms with Gasteiger partial charge in [0.05, 0.1) is 18.7 Å². The molecule has 0 atom stereocenters. The molecular formula is C20H18FN5O. The van der Waals surface area contributed by atoms with E-state index in [0.29, 0.717) is 19.0 Å². The molecule has 0 aliphatic carbocycles. The summed E-state index contributed by atoms with van der Waals surface area (Å²) in [6, 6.07) is 12.4. The van der Waals surface area contributed by atoms with Crippen molar-refractivity contribution in [2.45, 2.75) is 6.92 Å². The van der Waals surface area contributed by atoms with E-state index in [4.69, 9.17) is 9.72 Å². The van der Waals surface area contributed by atoms with E-state index in [9.17, 15) is 4.39 Å². The van der Waals surface area contributed by atoms with Crippen LogP contribution in [-0.4, -0.2) is 45.9 Å². The Bertz CT molecular complexity index is 1130. The molecule has 1 fully saturated rings. The lowest BCUT2D eigenvalue weighted by Crippen LogP contribution is -2.38. The van der Waals surface area contributed by atoms with Crippen LogP contribution < -0.4 is 4.90 Å². The fourth-order valence-electron chi connectivity index (χ4n) is 3.49. The largest absolute Gasteiger partial charge is 0.378 e. The third-order valence-electron chi connectivity index (χ3n) is 4.87. The van der Waals surface area contributed by atoms with E-state index in [1.807, 2.05) is 23.5 Å². The van der Waals surface area contributed by atoms with Crippen molar-refractivity contribution in [2.24, 2.45) is 0 Å². The highest BCUT2D eigenvalue weighted by atomic mass is 19.1. The van der Waals surface area contributed by atoms with Crippen LogP contribution in [0.25, 0.3) is 27.9 Å². The van der Waals surface area contributed by atoms with Crippen molar-refractivity contribution in [3.8, 4) is 11.4 Å². The Labute approximate surface area is 155 Å². The summed E-state index contributed by atoms with van der Waals surface area (Å²) in [5, 5.41) is 9.84. The van der Waals surface area contributed by atoms with E-state index in [0.717, 1.165) is 46.7 Å². The van der Waals surface area contributed by atoms with Crippen molar-refractivity contribution >= 4 is 22.5 Å². The average molecular weight is 363 g/mol. The van der Waals surface area contributed by atoms with Crippen molar-refractivity contribution in [3.63, 3.8) is 0 Å². The van der Waals surface area contributed by atoms with Gasteiger partial charge in [-0.15, -0.1) is 10.2 Å². The second-order valence-corrected chi connectivity index (χ2v) is 6.72. The number of rotatable bonds is 2. The van der Waals surface area contributed by atoms with Gasteiger partial charge in [0, 0.05) is 24.0 Å². The number of aryl methyl sites for hydroxylation is 1. The fourth-order valence-corrected chi connectivity index (χ4v) is 3.49. The lowest BCUT2D eigenvalue weighted by Gasteiger charge is -2.28. The summed E-state index contributed by atoms with van der Waals surface area (Å²) >= 11 is 0. The Morgan fingerprint density at radius 2 is 1.78 bits per heavy atom. The van der Waals surface area contributed by atoms with E-state index >= 15 is 0 Å². The van der Waals surface area contributed by atoms with Crippen molar-refractivity contribution in [3.05, 3.63) is 53.8 Å². The van der Waals surface area contributed by atoms with Gasteiger partial charge in [0.2, 0.25) is 5.95 Å². The molecule has 2 aromatic heterocycles. The first kappa shape index (κ1) is 16.1. The zero-order valence-corrected chi connectivity index (χ0v) is 14.9. The summed E-state index contributed by atoms with van der Waals surface area (Å²) < 4.78 is 20.9. The third kappa shape index (κ3) is 2.71. The second-order valence-electron chi connectivity index (χ2n) is 6.72. The molecule has 4 aromatic rings. The highest BCUT2D eigenvalue weighted by Crippen LogP contribution is 2.29. The predicted molar refractivity (Wildman–Crippen MR) is 101 cm³/mol. The highest BCUT2D eigenvalue weighted by Gasteiger charge is 2.22. The van der Waals surface area contributed by atoms with Crippen LogP contribution in [0.5, 0.6) is 0 Å². The number of anilines is 1. The zero-order chi connectivity index (χ0) is 18.4. The predicted octanol–water partition coefficient (Wildman–Crippen LogP) is 3.23. The van der Waals surface area contributed by atoms with Crippen LogP contribution in [0, 0.1) is 12.7 Å². The topological polar surface area (TPSA) is 55.6 Å². The lowest BCUT2D eigenvalue weighted by atomic mass is 10.1. The van der Waals surface area contributed by atoms with Gasteiger partial charge in [-0.1, -0.05) is 11.6 Å². The van der Waals surface area contributed by atoms with Gasteiger partial charge in [0.15, 0.2) is 11.5 Å². The van der Waals surface area contributed by atoms with E-state index in [-0.39, 0.29) is 5.82 Å². The lowest BCUT2D eigenvalue weighted by molar-refractivity contribution is 0.122. The Balaban J connectivity index is 1.82. The minimum atomic E-state index is -0.278. The molecule has 7 heteroatoms. The van der Waals surface area contributed by atoms with E-state index in [1.54, 1.807) is 12.1 Å². The summed E-state index contributed by atoms with van der Waals surface area (Å²) in [5.74, 6) is 1.16. The van der Waals surface area contributed by atoms with E-state index < -0.39 is 0 Å². The minimum absolute atomic E-state index is 0.278. The highest BCUT2D eigenvalue weighted by molar-refractivity contribution is 5.94. The number of morpholine rings is 1. The molecule has 0 amide bonds. The molecule has 3 heterocycles. The molecule has 136 valence electrons. The molecule has 5 rings (SSSR count). The van der Waals surface area contributed by atoms with Gasteiger partial charge in [-0.2, -0.15) is 0 Å². The van der Waals surface area contributed by atoms with Crippen LogP contribution in [0.15, 0.2) is 42.5 Å². The summed E-state index contributed by atoms with van der Waals surface area (Å²) in [6.45, 7) is 4.86. The normalized spacial score (nSPS) is 15.0. The molecule has 0 radical (unpaired) electrons. The molecule has 2 aromatic carbocycles. The molecule has 0 saturated carbocycles. The Morgan fingerprint density at radius 3 is 2.56 bits per heavy atom. The van der Waals surface area contributed by atoms with Gasteiger partial charge < -0.3 is 9.64 Å². The quantitative estimate of drug-likeness (QED) is 0.547. The van der Waals surface area contributed by atoms with Crippen molar-refractivity contribution < 1.29 is 9.13 Å². The van der Waals surface area contributed by atoms with E-state index in [1.165, 1.54) is 12.1 Å². The minimum Gasteiger partial charge on any atom is -0.378 e. The van der Waals surface area contributed by atoms with Crippen molar-refractivity contribution in [1.82, 2.24) is 19.6 Å². The zero-order valence-electron chi connectivity index (χ0n) is 14.9. The first-order valence-electron chi connectivity index (χ1n) is 8.95. The first-order chi connectivity index (χ1) is 13.2. The van der Waals surface area contributed by atoms with Crippen LogP contribution >= 0.6 is 0 Å². The Hall–Kier alpha value is -3.06. The summed E-state index contributed by atoms with van der Waals surface area (Å²) in [5.41, 5.74) is 3.57. The van der Waals surface area contributed by atoms with Crippen LogP contribution in [0.4, 0.5) is 10.3 Å². The molecule has 0 N–H and O–H groups in total. The molecule has 27 heavy (non-hydrogen) atoms. The van der Waals surface area contributed by atoms with Crippen LogP contribution in [0.3, 0.4) is 0 Å². The number of hydrogen-bond donors (Lipinski definition) is 0. The number of fused-ring (bicyclic) bond motifs is 3. The molecule has 0 bridgehead atoms. The number of hydrogen-bond acceptors (Lipinski definition) is 5. The number of halogens is 1. The second kappa shape index (κ2) is 6.28. The summed E-state index contributed by atoms with van der Waals surface area (Å²) in [7, 11) is 0. The molecule has 0 spiro atoms. The van der Waals surface area contributed by atoms with Crippen molar-refractivity contribution in [1.29, 1.82) is 0 Å². The summed E-state index contributed by atoms with van der Waals surface area (Å²) in [6.07, 6.45) is 0. The van der Waals surface area contributed by atoms with Crippen LogP contribution in [0.1, 0.15) is 5.56 Å². The maximum absolute atomic E-state index is 13.4. The number of benzene rings is 2. The Morgan fingerprint density at radius 1 is 1.00 bits per heavy atom. The molecule has 1 aliphatic rings. The van der Waals surface area contributed by atoms with Crippen LogP contribution in [-0.2, 0) is 4.74 Å². The van der Waals surface area contributed by atoms with Gasteiger partial charge in [-0.25, -0.2) is 13.8 Å². The van der Waals surface area contributed by atoms with Gasteiger partial charge in [-0.3, -0.25) is 0 Å². The van der Waals surface area contributed by atoms with Gasteiger partial charge in [0.25, 0.3) is 0 Å². The Kier molecular flexibility index (Phi) is 3.75. The average Bonchev–Trinajstić information content (AvgIpc) is 3.14. The number of nitrogens with zero attached hydrogens (tertiary/aromatic N) is 5. The molecule has 1 saturated heterocycles. The van der Waals surface area contributed by atoms with Gasteiger partial charge >= 0.3 is 0 Å². The molecule has 1 aliphatic heterocycles. The molecule has 0 unspecified atom stereocenters. The van der Waals surface area contributed by atoms with Crippen LogP contribution in [0.2, 0.25) is 0 Å². The smallest absolute Gasteiger partial charge is 0.213 e. The number of ether oxygens (including phenoxy) is 1. The maximum Gasteiger partial charge on any atom is 0.213 e. The van der Waals surface area contributed by atoms with Gasteiger partial charge in [-0.05, 0) is 43.3 Å². The standard InChI is InChI=1S/C20H18FN5O/c1-13-2-7-17-16(12-13)19-24-23-18(14-3-5-15(21)6-4-14)26(19)20(22-17)25-8-10-27-11-9-25/h2-7,12H,8-11H2,1H3. The summed E-state index contributed by atoms with van der Waals surface area (Å²) in [4.78, 5) is 7.11. The number of aromatic nitrogens is 4. The van der Waals surface area contributed by atoms with Crippen molar-refractivity contribution in [2.75, 3.05) is 31.2 Å². The molecule has 6 nitrogen and oxygen atoms in total. The first-order valence-corrected chi connectivity index (χ1v) is 8.95. The fraction of sp³-hybridized carbons (Fsp3) is 0.250. The maximum atomic E-state index is 13.4. The third-order valence-corrected chi connectivity index (χ3v) is 4.87. The van der Waals surface area contributed by atoms with E-state index in [2.05, 4.69) is 21.2 Å². The molecular weight excluding hydrogens is 345 g/mol. The SMILES string of the molecule is Cc1ccc2nc(N3CCOCC3)n3c(-c4ccc(F)cc4)nnc3c2c1.